The molecule has 1 unspecified atom stereocenters. The molecule has 1 aliphatic heterocycles. The Labute approximate surface area is 158 Å². The van der Waals surface area contributed by atoms with E-state index in [4.69, 9.17) is 9.47 Å². The highest BCUT2D eigenvalue weighted by Crippen LogP contribution is 2.32. The molecule has 0 spiro atoms. The number of carbonyl (C=O) groups excluding carboxylic acids is 2. The predicted molar refractivity (Wildman–Crippen MR) is 99.9 cm³/mol. The summed E-state index contributed by atoms with van der Waals surface area (Å²) in [5, 5.41) is 2.33. The number of hydrogen-bond acceptors (Lipinski definition) is 4. The van der Waals surface area contributed by atoms with Crippen molar-refractivity contribution >= 4 is 34.5 Å². The van der Waals surface area contributed by atoms with Crippen LogP contribution in [0.3, 0.4) is 0 Å². The molecule has 24 heavy (non-hydrogen) atoms. The second-order valence-corrected chi connectivity index (χ2v) is 9.56. The molecule has 1 aliphatic carbocycles. The van der Waals surface area contributed by atoms with Crippen molar-refractivity contribution in [1.29, 1.82) is 0 Å². The Kier molecular flexibility index (Phi) is 7.34. The largest absolute Gasteiger partial charge is 0.462 e. The Hall–Kier alpha value is -0.370. The molecule has 1 saturated heterocycles. The number of carbonyl (C=O) groups is 2. The standard InChI is InChI=1S/C18H30INO4/c1-12(19)16(21)23-15-6-4-13(5-7-15)17(22)24-18(2,3)14-8-10-20-11-9-14/h12-15,20H,4-11H2,1-3H3/p+1. The minimum atomic E-state index is -0.384. The smallest absolute Gasteiger partial charge is 0.318 e. The number of halogens is 1. The molecule has 1 saturated carbocycles. The Bertz CT molecular complexity index is 438. The van der Waals surface area contributed by atoms with Crippen LogP contribution in [0, 0.1) is 11.8 Å². The van der Waals surface area contributed by atoms with Crippen LogP contribution < -0.4 is 5.32 Å². The van der Waals surface area contributed by atoms with Crippen molar-refractivity contribution in [3.05, 3.63) is 0 Å². The molecule has 1 atom stereocenters. The lowest BCUT2D eigenvalue weighted by Crippen LogP contribution is -2.86. The molecule has 0 aromatic heterocycles. The fourth-order valence-corrected chi connectivity index (χ4v) is 3.87. The quantitative estimate of drug-likeness (QED) is 0.395. The molecular weight excluding hydrogens is 421 g/mol. The zero-order valence-electron chi connectivity index (χ0n) is 15.1. The summed E-state index contributed by atoms with van der Waals surface area (Å²) in [5.41, 5.74) is -0.384. The van der Waals surface area contributed by atoms with Gasteiger partial charge in [-0.3, -0.25) is 9.59 Å². The summed E-state index contributed by atoms with van der Waals surface area (Å²) in [4.78, 5) is 24.2. The van der Waals surface area contributed by atoms with Gasteiger partial charge < -0.3 is 14.8 Å². The van der Waals surface area contributed by atoms with Gasteiger partial charge in [0.25, 0.3) is 0 Å². The molecule has 0 aromatic rings. The van der Waals surface area contributed by atoms with Crippen LogP contribution in [-0.4, -0.2) is 40.7 Å². The molecule has 2 rings (SSSR count). The van der Waals surface area contributed by atoms with Gasteiger partial charge in [0.1, 0.15) is 15.6 Å². The highest BCUT2D eigenvalue weighted by atomic mass is 127. The average Bonchev–Trinajstić information content (AvgIpc) is 2.55. The average molecular weight is 452 g/mol. The first-order valence-electron chi connectivity index (χ1n) is 9.18. The van der Waals surface area contributed by atoms with Crippen LogP contribution in [0.2, 0.25) is 0 Å². The van der Waals surface area contributed by atoms with E-state index in [0.717, 1.165) is 51.6 Å². The molecule has 2 fully saturated rings. The van der Waals surface area contributed by atoms with Crippen molar-refractivity contribution < 1.29 is 24.4 Å². The Balaban J connectivity index is 1.78. The van der Waals surface area contributed by atoms with Crippen molar-refractivity contribution in [3.8, 4) is 0 Å². The summed E-state index contributed by atoms with van der Waals surface area (Å²) in [5.74, 6) is 0.179. The van der Waals surface area contributed by atoms with Crippen molar-refractivity contribution in [2.45, 2.75) is 74.9 Å². The van der Waals surface area contributed by atoms with E-state index in [-0.39, 0.29) is 33.5 Å². The Morgan fingerprint density at radius 1 is 1.08 bits per heavy atom. The third-order valence-corrected chi connectivity index (χ3v) is 5.91. The van der Waals surface area contributed by atoms with E-state index >= 15 is 0 Å². The van der Waals surface area contributed by atoms with Crippen LogP contribution in [-0.2, 0) is 19.1 Å². The maximum Gasteiger partial charge on any atom is 0.318 e. The normalized spacial score (nSPS) is 27.3. The maximum absolute atomic E-state index is 12.6. The number of alkyl halides is 1. The van der Waals surface area contributed by atoms with Gasteiger partial charge in [0.15, 0.2) is 0 Å². The monoisotopic (exact) mass is 452 g/mol. The van der Waals surface area contributed by atoms with E-state index in [1.807, 2.05) is 6.92 Å². The summed E-state index contributed by atoms with van der Waals surface area (Å²) in [6, 6.07) is 0. The van der Waals surface area contributed by atoms with Gasteiger partial charge in [0.2, 0.25) is 0 Å². The number of nitrogens with two attached hydrogens (primary N) is 1. The van der Waals surface area contributed by atoms with Crippen LogP contribution in [0.1, 0.15) is 59.3 Å². The minimum Gasteiger partial charge on any atom is -0.462 e. The van der Waals surface area contributed by atoms with Crippen LogP contribution in [0.4, 0.5) is 0 Å². The fourth-order valence-electron chi connectivity index (χ4n) is 3.72. The number of esters is 2. The molecule has 0 aromatic carbocycles. The topological polar surface area (TPSA) is 69.2 Å². The van der Waals surface area contributed by atoms with Crippen LogP contribution in [0.15, 0.2) is 0 Å². The molecular formula is C18H31INO4+. The van der Waals surface area contributed by atoms with E-state index in [1.165, 1.54) is 0 Å². The van der Waals surface area contributed by atoms with Gasteiger partial charge in [-0.15, -0.1) is 0 Å². The first kappa shape index (κ1) is 19.9. The third kappa shape index (κ3) is 5.58. The SMILES string of the molecule is CC(I)C(=O)OC1CCC(C(=O)OC(C)(C)C2CC[NH2+]CC2)CC1. The van der Waals surface area contributed by atoms with Crippen LogP contribution in [0.5, 0.6) is 0 Å². The van der Waals surface area contributed by atoms with Crippen LogP contribution in [0.25, 0.3) is 0 Å². The molecule has 138 valence electrons. The molecule has 0 bridgehead atoms. The van der Waals surface area contributed by atoms with E-state index in [0.29, 0.717) is 5.92 Å². The van der Waals surface area contributed by atoms with E-state index in [1.54, 1.807) is 0 Å². The van der Waals surface area contributed by atoms with Gasteiger partial charge in [-0.25, -0.2) is 0 Å². The van der Waals surface area contributed by atoms with Gasteiger partial charge in [-0.2, -0.15) is 0 Å². The Morgan fingerprint density at radius 3 is 2.21 bits per heavy atom. The van der Waals surface area contributed by atoms with Gasteiger partial charge >= 0.3 is 11.9 Å². The molecule has 0 radical (unpaired) electrons. The number of ether oxygens (including phenoxy) is 2. The van der Waals surface area contributed by atoms with E-state index in [2.05, 4.69) is 41.8 Å². The van der Waals surface area contributed by atoms with Crippen molar-refractivity contribution in [2.75, 3.05) is 13.1 Å². The summed E-state index contributed by atoms with van der Waals surface area (Å²) >= 11 is 2.06. The van der Waals surface area contributed by atoms with Crippen LogP contribution >= 0.6 is 22.6 Å². The fraction of sp³-hybridized carbons (Fsp3) is 0.889. The summed E-state index contributed by atoms with van der Waals surface area (Å²) in [6.07, 6.45) is 5.19. The number of piperidine rings is 1. The predicted octanol–water partition coefficient (Wildman–Crippen LogP) is 2.21. The first-order valence-corrected chi connectivity index (χ1v) is 10.4. The van der Waals surface area contributed by atoms with Gasteiger partial charge in [-0.05, 0) is 46.5 Å². The lowest BCUT2D eigenvalue weighted by atomic mass is 9.82. The zero-order valence-corrected chi connectivity index (χ0v) is 17.2. The van der Waals surface area contributed by atoms with E-state index in [9.17, 15) is 9.59 Å². The lowest BCUT2D eigenvalue weighted by molar-refractivity contribution is -0.665. The number of hydrogen-bond donors (Lipinski definition) is 1. The van der Waals surface area contributed by atoms with Crippen molar-refractivity contribution in [2.24, 2.45) is 11.8 Å². The summed E-state index contributed by atoms with van der Waals surface area (Å²) < 4.78 is 11.3. The highest BCUT2D eigenvalue weighted by Gasteiger charge is 2.38. The molecule has 1 heterocycles. The van der Waals surface area contributed by atoms with Gasteiger partial charge in [0, 0.05) is 18.8 Å². The zero-order chi connectivity index (χ0) is 17.7. The van der Waals surface area contributed by atoms with Crippen molar-refractivity contribution in [3.63, 3.8) is 0 Å². The molecule has 5 nitrogen and oxygen atoms in total. The number of rotatable bonds is 5. The second kappa shape index (κ2) is 8.83. The second-order valence-electron chi connectivity index (χ2n) is 7.69. The molecule has 0 amide bonds. The summed E-state index contributed by atoms with van der Waals surface area (Å²) in [7, 11) is 0. The number of quaternary nitrogens is 1. The van der Waals surface area contributed by atoms with Gasteiger partial charge in [0.05, 0.1) is 19.0 Å². The Morgan fingerprint density at radius 2 is 1.67 bits per heavy atom. The molecule has 2 aliphatic rings. The maximum atomic E-state index is 12.6. The third-order valence-electron chi connectivity index (χ3n) is 5.40. The lowest BCUT2D eigenvalue weighted by Gasteiger charge is -2.37. The highest BCUT2D eigenvalue weighted by molar-refractivity contribution is 14.1. The van der Waals surface area contributed by atoms with E-state index < -0.39 is 0 Å². The molecule has 2 N–H and O–H groups in total. The molecule has 6 heteroatoms. The van der Waals surface area contributed by atoms with Gasteiger partial charge in [-0.1, -0.05) is 22.6 Å². The van der Waals surface area contributed by atoms with Crippen molar-refractivity contribution in [1.82, 2.24) is 0 Å². The first-order chi connectivity index (χ1) is 11.3. The minimum absolute atomic E-state index is 0.0411. The summed E-state index contributed by atoms with van der Waals surface area (Å²) in [6.45, 7) is 8.18.